The molecule has 20 heavy (non-hydrogen) atoms. The third-order valence-corrected chi connectivity index (χ3v) is 4.53. The second-order valence-electron chi connectivity index (χ2n) is 6.08. The van der Waals surface area contributed by atoms with Crippen LogP contribution in [0.25, 0.3) is 0 Å². The number of aliphatic carboxylic acids is 1. The van der Waals surface area contributed by atoms with Crippen LogP contribution in [-0.2, 0) is 14.3 Å². The number of likely N-dealkylation sites (tertiary alicyclic amines) is 1. The summed E-state index contributed by atoms with van der Waals surface area (Å²) in [6.07, 6.45) is 4.14. The number of carboxylic acids is 1. The van der Waals surface area contributed by atoms with E-state index in [1.54, 1.807) is 0 Å². The van der Waals surface area contributed by atoms with Crippen LogP contribution in [0.5, 0.6) is 0 Å². The van der Waals surface area contributed by atoms with Crippen LogP contribution in [0.4, 0.5) is 0 Å². The van der Waals surface area contributed by atoms with Crippen molar-refractivity contribution in [3.8, 4) is 0 Å². The summed E-state index contributed by atoms with van der Waals surface area (Å²) >= 11 is 0. The molecule has 2 N–H and O–H groups in total. The van der Waals surface area contributed by atoms with Crippen LogP contribution >= 0.6 is 0 Å². The molecule has 2 heterocycles. The number of carbonyl (C=O) groups excluding carboxylic acids is 1. The van der Waals surface area contributed by atoms with E-state index in [4.69, 9.17) is 9.84 Å². The number of piperidine rings is 1. The lowest BCUT2D eigenvalue weighted by Gasteiger charge is -2.32. The summed E-state index contributed by atoms with van der Waals surface area (Å²) in [6, 6.07) is 1.01. The van der Waals surface area contributed by atoms with Gasteiger partial charge in [0.2, 0.25) is 5.91 Å². The molecule has 0 aromatic heterocycles. The summed E-state index contributed by atoms with van der Waals surface area (Å²) in [4.78, 5) is 25.4. The van der Waals surface area contributed by atoms with Crippen molar-refractivity contribution >= 4 is 11.9 Å². The number of hydrogen-bond donors (Lipinski definition) is 2. The number of rotatable bonds is 4. The van der Waals surface area contributed by atoms with E-state index >= 15 is 0 Å². The lowest BCUT2D eigenvalue weighted by Crippen LogP contribution is -2.48. The minimum absolute atomic E-state index is 0.140. The van der Waals surface area contributed by atoms with Gasteiger partial charge < -0.3 is 20.1 Å². The molecule has 2 unspecified atom stereocenters. The maximum Gasteiger partial charge on any atom is 0.332 e. The largest absolute Gasteiger partial charge is 0.479 e. The summed E-state index contributed by atoms with van der Waals surface area (Å²) in [5, 5.41) is 11.9. The molecular weight excluding hydrogens is 260 g/mol. The average molecular weight is 282 g/mol. The Morgan fingerprint density at radius 1 is 1.00 bits per heavy atom. The van der Waals surface area contributed by atoms with Crippen molar-refractivity contribution < 1.29 is 19.4 Å². The van der Waals surface area contributed by atoms with E-state index in [1.165, 1.54) is 12.8 Å². The van der Waals surface area contributed by atoms with Gasteiger partial charge in [0.05, 0.1) is 0 Å². The van der Waals surface area contributed by atoms with Crippen LogP contribution in [0.1, 0.15) is 38.5 Å². The SMILES string of the molecule is O=C(O)C1CCC(C(=O)NC2CCN(C3CC3)CC2)O1. The first-order valence-corrected chi connectivity index (χ1v) is 7.56. The number of nitrogens with one attached hydrogen (secondary N) is 1. The minimum atomic E-state index is -0.974. The molecule has 0 aromatic rings. The minimum Gasteiger partial charge on any atom is -0.479 e. The second kappa shape index (κ2) is 5.69. The van der Waals surface area contributed by atoms with Crippen molar-refractivity contribution in [3.63, 3.8) is 0 Å². The molecule has 6 nitrogen and oxygen atoms in total. The van der Waals surface area contributed by atoms with Crippen LogP contribution < -0.4 is 5.32 Å². The Bertz CT molecular complexity index is 389. The average Bonchev–Trinajstić information content (AvgIpc) is 3.15. The van der Waals surface area contributed by atoms with Gasteiger partial charge >= 0.3 is 5.97 Å². The van der Waals surface area contributed by atoms with E-state index in [2.05, 4.69) is 10.2 Å². The summed E-state index contributed by atoms with van der Waals surface area (Å²) in [7, 11) is 0. The Hall–Kier alpha value is -1.14. The molecule has 3 fully saturated rings. The van der Waals surface area contributed by atoms with Gasteiger partial charge in [0.25, 0.3) is 0 Å². The van der Waals surface area contributed by atoms with Gasteiger partial charge in [-0.25, -0.2) is 4.79 Å². The smallest absolute Gasteiger partial charge is 0.332 e. The van der Waals surface area contributed by atoms with Crippen molar-refractivity contribution in [1.82, 2.24) is 10.2 Å². The second-order valence-corrected chi connectivity index (χ2v) is 6.08. The lowest BCUT2D eigenvalue weighted by atomic mass is 10.0. The Balaban J connectivity index is 1.42. The molecule has 0 aromatic carbocycles. The van der Waals surface area contributed by atoms with Crippen LogP contribution in [0.2, 0.25) is 0 Å². The molecule has 1 saturated carbocycles. The van der Waals surface area contributed by atoms with Gasteiger partial charge in [-0.1, -0.05) is 0 Å². The normalized spacial score (nSPS) is 32.2. The summed E-state index contributed by atoms with van der Waals surface area (Å²) in [6.45, 7) is 2.11. The molecule has 0 bridgehead atoms. The van der Waals surface area contributed by atoms with E-state index in [0.29, 0.717) is 12.8 Å². The third kappa shape index (κ3) is 3.12. The van der Waals surface area contributed by atoms with Gasteiger partial charge in [0, 0.05) is 25.2 Å². The third-order valence-electron chi connectivity index (χ3n) is 4.53. The number of carboxylic acid groups (broad SMARTS) is 1. The zero-order valence-corrected chi connectivity index (χ0v) is 11.6. The highest BCUT2D eigenvalue weighted by Crippen LogP contribution is 2.29. The van der Waals surface area contributed by atoms with Gasteiger partial charge in [0.1, 0.15) is 6.10 Å². The number of ether oxygens (including phenoxy) is 1. The van der Waals surface area contributed by atoms with Crippen molar-refractivity contribution in [2.24, 2.45) is 0 Å². The van der Waals surface area contributed by atoms with Crippen LogP contribution in [0.15, 0.2) is 0 Å². The number of amides is 1. The van der Waals surface area contributed by atoms with Crippen LogP contribution in [0.3, 0.4) is 0 Å². The summed E-state index contributed by atoms with van der Waals surface area (Å²) < 4.78 is 5.27. The molecular formula is C14H22N2O4. The maximum atomic E-state index is 12.1. The first-order valence-electron chi connectivity index (χ1n) is 7.56. The van der Waals surface area contributed by atoms with E-state index in [-0.39, 0.29) is 11.9 Å². The fourth-order valence-corrected chi connectivity index (χ4v) is 3.15. The predicted octanol–water partition coefficient (Wildman–Crippen LogP) is 0.362. The maximum absolute atomic E-state index is 12.1. The quantitative estimate of drug-likeness (QED) is 0.778. The van der Waals surface area contributed by atoms with Crippen molar-refractivity contribution in [3.05, 3.63) is 0 Å². The molecule has 1 amide bonds. The number of carbonyl (C=O) groups is 2. The highest BCUT2D eigenvalue weighted by atomic mass is 16.5. The molecule has 112 valence electrons. The van der Waals surface area contributed by atoms with E-state index < -0.39 is 18.2 Å². The fraction of sp³-hybridized carbons (Fsp3) is 0.857. The Morgan fingerprint density at radius 2 is 1.65 bits per heavy atom. The molecule has 3 rings (SSSR count). The van der Waals surface area contributed by atoms with Crippen molar-refractivity contribution in [2.45, 2.75) is 62.8 Å². The van der Waals surface area contributed by atoms with Gasteiger partial charge in [-0.3, -0.25) is 4.79 Å². The van der Waals surface area contributed by atoms with E-state index in [1.807, 2.05) is 0 Å². The standard InChI is InChI=1S/C14H22N2O4/c17-13(11-3-4-12(20-11)14(18)19)15-9-5-7-16(8-6-9)10-1-2-10/h9-12H,1-8H2,(H,15,17)(H,18,19). The molecule has 1 aliphatic carbocycles. The highest BCUT2D eigenvalue weighted by Gasteiger charge is 2.36. The van der Waals surface area contributed by atoms with E-state index in [0.717, 1.165) is 32.0 Å². The van der Waals surface area contributed by atoms with Gasteiger partial charge in [-0.15, -0.1) is 0 Å². The van der Waals surface area contributed by atoms with Gasteiger partial charge in [-0.2, -0.15) is 0 Å². The number of hydrogen-bond acceptors (Lipinski definition) is 4. The molecule has 0 spiro atoms. The first-order chi connectivity index (χ1) is 9.63. The monoisotopic (exact) mass is 282 g/mol. The number of nitrogens with zero attached hydrogens (tertiary/aromatic N) is 1. The Morgan fingerprint density at radius 3 is 2.20 bits per heavy atom. The molecule has 2 aliphatic heterocycles. The predicted molar refractivity (Wildman–Crippen MR) is 71.3 cm³/mol. The summed E-state index contributed by atoms with van der Waals surface area (Å²) in [5.74, 6) is -1.11. The molecule has 2 saturated heterocycles. The summed E-state index contributed by atoms with van der Waals surface area (Å²) in [5.41, 5.74) is 0. The van der Waals surface area contributed by atoms with Crippen LogP contribution in [0, 0.1) is 0 Å². The topological polar surface area (TPSA) is 78.9 Å². The fourth-order valence-electron chi connectivity index (χ4n) is 3.15. The van der Waals surface area contributed by atoms with E-state index in [9.17, 15) is 9.59 Å². The lowest BCUT2D eigenvalue weighted by molar-refractivity contribution is -0.152. The van der Waals surface area contributed by atoms with Crippen molar-refractivity contribution in [2.75, 3.05) is 13.1 Å². The molecule has 2 atom stereocenters. The highest BCUT2D eigenvalue weighted by molar-refractivity contribution is 5.82. The van der Waals surface area contributed by atoms with Gasteiger partial charge in [-0.05, 0) is 38.5 Å². The zero-order chi connectivity index (χ0) is 14.1. The molecule has 0 radical (unpaired) electrons. The first kappa shape index (κ1) is 13.8. The molecule has 3 aliphatic rings. The Labute approximate surface area is 118 Å². The van der Waals surface area contributed by atoms with Crippen molar-refractivity contribution in [1.29, 1.82) is 0 Å². The zero-order valence-electron chi connectivity index (χ0n) is 11.6. The Kier molecular flexibility index (Phi) is 3.94. The van der Waals surface area contributed by atoms with Gasteiger partial charge in [0.15, 0.2) is 6.10 Å². The van der Waals surface area contributed by atoms with Crippen LogP contribution in [-0.4, -0.2) is 59.3 Å². The molecule has 6 heteroatoms.